The Morgan fingerprint density at radius 2 is 1.91 bits per heavy atom. The molecular formula is C22H26BrN3O7S2. The molecule has 1 heterocycles. The van der Waals surface area contributed by atoms with Gasteiger partial charge in [0.2, 0.25) is 0 Å². The molecule has 1 atom stereocenters. The summed E-state index contributed by atoms with van der Waals surface area (Å²) in [6.45, 7) is 2.89. The van der Waals surface area contributed by atoms with Crippen molar-refractivity contribution >= 4 is 49.0 Å². The van der Waals surface area contributed by atoms with Crippen LogP contribution in [-0.4, -0.2) is 53.5 Å². The van der Waals surface area contributed by atoms with Crippen LogP contribution >= 0.6 is 27.9 Å². The predicted molar refractivity (Wildman–Crippen MR) is 136 cm³/mol. The molecule has 2 aromatic rings. The molecule has 0 saturated heterocycles. The lowest BCUT2D eigenvalue weighted by Gasteiger charge is -2.27. The van der Waals surface area contributed by atoms with E-state index in [4.69, 9.17) is 14.2 Å². The first-order chi connectivity index (χ1) is 16.7. The number of hydrogen-bond donors (Lipinski definition) is 3. The number of amides is 2. The Morgan fingerprint density at radius 3 is 2.60 bits per heavy atom. The van der Waals surface area contributed by atoms with Crippen LogP contribution in [0.1, 0.15) is 35.2 Å². The molecule has 2 aromatic carbocycles. The van der Waals surface area contributed by atoms with Crippen LogP contribution in [0.3, 0.4) is 0 Å². The summed E-state index contributed by atoms with van der Waals surface area (Å²) < 4.78 is 47.6. The zero-order chi connectivity index (χ0) is 25.6. The van der Waals surface area contributed by atoms with E-state index in [-0.39, 0.29) is 29.0 Å². The summed E-state index contributed by atoms with van der Waals surface area (Å²) in [5.74, 6) is 0.376. The number of sulfonamides is 1. The molecular weight excluding hydrogens is 562 g/mol. The molecule has 35 heavy (non-hydrogen) atoms. The van der Waals surface area contributed by atoms with Crippen molar-refractivity contribution in [2.24, 2.45) is 0 Å². The molecule has 10 nitrogen and oxygen atoms in total. The first kappa shape index (κ1) is 27.1. The van der Waals surface area contributed by atoms with Crippen molar-refractivity contribution in [3.63, 3.8) is 0 Å². The molecule has 13 heteroatoms. The van der Waals surface area contributed by atoms with Crippen molar-refractivity contribution in [3.05, 3.63) is 45.9 Å². The Labute approximate surface area is 216 Å². The Hall–Kier alpha value is -2.48. The van der Waals surface area contributed by atoms with Crippen LogP contribution in [0.15, 0.2) is 39.7 Å². The number of carbonyl (C=O) groups excluding carboxylic acids is 2. The fourth-order valence-corrected chi connectivity index (χ4v) is 5.69. The molecule has 0 radical (unpaired) electrons. The molecule has 3 rings (SSSR count). The number of fused-ring (bicyclic) bond motifs is 1. The number of rotatable bonds is 9. The lowest BCUT2D eigenvalue weighted by Crippen LogP contribution is -2.32. The highest BCUT2D eigenvalue weighted by Crippen LogP contribution is 2.40. The van der Waals surface area contributed by atoms with E-state index in [1.165, 1.54) is 26.4 Å². The quantitative estimate of drug-likeness (QED) is 0.377. The van der Waals surface area contributed by atoms with Crippen LogP contribution in [-0.2, 0) is 10.0 Å². The lowest BCUT2D eigenvalue weighted by atomic mass is 9.92. The first-order valence-corrected chi connectivity index (χ1v) is 13.7. The minimum absolute atomic E-state index is 0.0426. The van der Waals surface area contributed by atoms with E-state index in [0.717, 1.165) is 4.47 Å². The maximum Gasteiger partial charge on any atom is 0.307 e. The SMILES string of the molecule is CCNSC(=O)NS(=O)(=O)c1cc2c(cc1OC)OCCC2CNC(=O)c1cc(Br)ccc1OC. The first-order valence-electron chi connectivity index (χ1n) is 10.6. The third kappa shape index (κ3) is 6.60. The summed E-state index contributed by atoms with van der Waals surface area (Å²) in [5.41, 5.74) is 0.957. The maximum absolute atomic E-state index is 12.9. The fourth-order valence-electron chi connectivity index (χ4n) is 3.54. The van der Waals surface area contributed by atoms with E-state index in [9.17, 15) is 18.0 Å². The molecule has 0 bridgehead atoms. The molecule has 3 N–H and O–H groups in total. The van der Waals surface area contributed by atoms with E-state index >= 15 is 0 Å². The highest BCUT2D eigenvalue weighted by atomic mass is 79.9. The molecule has 1 unspecified atom stereocenters. The molecule has 1 aliphatic heterocycles. The zero-order valence-corrected chi connectivity index (χ0v) is 22.6. The predicted octanol–water partition coefficient (Wildman–Crippen LogP) is 3.42. The summed E-state index contributed by atoms with van der Waals surface area (Å²) in [5, 5.41) is 2.13. The minimum Gasteiger partial charge on any atom is -0.496 e. The number of methoxy groups -OCH3 is 2. The van der Waals surface area contributed by atoms with Crippen LogP contribution in [0.25, 0.3) is 0 Å². The average molecular weight is 589 g/mol. The van der Waals surface area contributed by atoms with Crippen LogP contribution in [0, 0.1) is 0 Å². The van der Waals surface area contributed by atoms with Crippen LogP contribution in [0.4, 0.5) is 4.79 Å². The third-order valence-corrected chi connectivity index (χ3v) is 7.89. The molecule has 1 aliphatic rings. The van der Waals surface area contributed by atoms with Gasteiger partial charge in [0.1, 0.15) is 22.1 Å². The second kappa shape index (κ2) is 12.0. The standard InChI is InChI=1S/C22H26BrN3O7S2/c1-4-25-34-22(28)26-35(29,30)20-10-15-13(7-8-33-18(15)11-19(20)32-3)12-24-21(27)16-9-14(23)5-6-17(16)31-2/h5-6,9-11,13,25H,4,7-8,12H2,1-3H3,(H,24,27)(H,26,28). The minimum atomic E-state index is -4.23. The number of ether oxygens (including phenoxy) is 3. The largest absolute Gasteiger partial charge is 0.496 e. The molecule has 0 spiro atoms. The number of benzene rings is 2. The highest BCUT2D eigenvalue weighted by molar-refractivity contribution is 9.10. The highest BCUT2D eigenvalue weighted by Gasteiger charge is 2.30. The molecule has 190 valence electrons. The van der Waals surface area contributed by atoms with Gasteiger partial charge in [0.05, 0.1) is 26.4 Å². The van der Waals surface area contributed by atoms with Gasteiger partial charge in [0, 0.05) is 47.1 Å². The maximum atomic E-state index is 12.9. The number of halogens is 1. The monoisotopic (exact) mass is 587 g/mol. The topological polar surface area (TPSA) is 132 Å². The van der Waals surface area contributed by atoms with Crippen LogP contribution in [0.5, 0.6) is 17.2 Å². The van der Waals surface area contributed by atoms with Gasteiger partial charge in [-0.2, -0.15) is 0 Å². The van der Waals surface area contributed by atoms with Crippen molar-refractivity contribution < 1.29 is 32.2 Å². The molecule has 2 amide bonds. The molecule has 0 fully saturated rings. The van der Waals surface area contributed by atoms with Gasteiger partial charge in [0.25, 0.3) is 15.9 Å². The van der Waals surface area contributed by atoms with Crippen molar-refractivity contribution in [3.8, 4) is 17.2 Å². The van der Waals surface area contributed by atoms with Gasteiger partial charge in [0.15, 0.2) is 0 Å². The van der Waals surface area contributed by atoms with Crippen molar-refractivity contribution in [1.82, 2.24) is 14.8 Å². The van der Waals surface area contributed by atoms with E-state index in [1.54, 1.807) is 25.1 Å². The number of hydrogen-bond acceptors (Lipinski definition) is 9. The molecule has 0 aliphatic carbocycles. The van der Waals surface area contributed by atoms with Crippen LogP contribution in [0.2, 0.25) is 0 Å². The van der Waals surface area contributed by atoms with Crippen molar-refractivity contribution in [1.29, 1.82) is 0 Å². The van der Waals surface area contributed by atoms with Gasteiger partial charge in [-0.3, -0.25) is 14.3 Å². The fraction of sp³-hybridized carbons (Fsp3) is 0.364. The van der Waals surface area contributed by atoms with E-state index in [1.807, 2.05) is 4.72 Å². The molecule has 0 saturated carbocycles. The third-order valence-electron chi connectivity index (χ3n) is 5.19. The Bertz CT molecular complexity index is 1210. The van der Waals surface area contributed by atoms with Crippen LogP contribution < -0.4 is 29.0 Å². The lowest BCUT2D eigenvalue weighted by molar-refractivity contribution is 0.0945. The van der Waals surface area contributed by atoms with Crippen molar-refractivity contribution in [2.75, 3.05) is 33.9 Å². The van der Waals surface area contributed by atoms with E-state index < -0.39 is 15.3 Å². The summed E-state index contributed by atoms with van der Waals surface area (Å²) in [7, 11) is -1.41. The van der Waals surface area contributed by atoms with Gasteiger partial charge < -0.3 is 19.5 Å². The van der Waals surface area contributed by atoms with Crippen molar-refractivity contribution in [2.45, 2.75) is 24.2 Å². The summed E-state index contributed by atoms with van der Waals surface area (Å²) in [4.78, 5) is 24.7. The number of carbonyl (C=O) groups is 2. The normalized spacial score (nSPS) is 14.9. The Balaban J connectivity index is 1.86. The van der Waals surface area contributed by atoms with E-state index in [0.29, 0.717) is 54.1 Å². The summed E-state index contributed by atoms with van der Waals surface area (Å²) >= 11 is 4.01. The zero-order valence-electron chi connectivity index (χ0n) is 19.3. The second-order valence-corrected chi connectivity index (χ2v) is 10.9. The average Bonchev–Trinajstić information content (AvgIpc) is 2.84. The van der Waals surface area contributed by atoms with Gasteiger partial charge >= 0.3 is 5.24 Å². The Morgan fingerprint density at radius 1 is 1.17 bits per heavy atom. The molecule has 0 aromatic heterocycles. The summed E-state index contributed by atoms with van der Waals surface area (Å²) in [6, 6.07) is 8.04. The van der Waals surface area contributed by atoms with Gasteiger partial charge in [-0.25, -0.2) is 13.1 Å². The van der Waals surface area contributed by atoms with Gasteiger partial charge in [-0.05, 0) is 30.7 Å². The number of nitrogens with one attached hydrogen (secondary N) is 3. The second-order valence-electron chi connectivity index (χ2n) is 7.42. The smallest absolute Gasteiger partial charge is 0.307 e. The van der Waals surface area contributed by atoms with E-state index in [2.05, 4.69) is 26.0 Å². The van der Waals surface area contributed by atoms with Gasteiger partial charge in [-0.15, -0.1) is 0 Å². The Kier molecular flexibility index (Phi) is 9.27. The summed E-state index contributed by atoms with van der Waals surface area (Å²) in [6.07, 6.45) is 0.553. The van der Waals surface area contributed by atoms with Gasteiger partial charge in [-0.1, -0.05) is 22.9 Å².